The van der Waals surface area contributed by atoms with Crippen molar-refractivity contribution in [2.24, 2.45) is 5.73 Å². The Morgan fingerprint density at radius 2 is 2.24 bits per heavy atom. The van der Waals surface area contributed by atoms with Crippen molar-refractivity contribution in [3.05, 3.63) is 21.4 Å². The predicted molar refractivity (Wildman–Crippen MR) is 74.3 cm³/mol. The van der Waals surface area contributed by atoms with E-state index < -0.39 is 0 Å². The van der Waals surface area contributed by atoms with Crippen LogP contribution in [0.15, 0.2) is 6.07 Å². The Bertz CT molecular complexity index is 375. The molecule has 1 aliphatic heterocycles. The summed E-state index contributed by atoms with van der Waals surface area (Å²) in [5, 5.41) is 0. The molecule has 1 aromatic rings. The molecule has 1 atom stereocenters. The Labute approximate surface area is 108 Å². The summed E-state index contributed by atoms with van der Waals surface area (Å²) in [7, 11) is 2.20. The van der Waals surface area contributed by atoms with Gasteiger partial charge in [0.2, 0.25) is 0 Å². The molecule has 0 aromatic carbocycles. The molecule has 2 rings (SSSR count). The molecule has 4 heteroatoms. The lowest BCUT2D eigenvalue weighted by Gasteiger charge is -2.38. The van der Waals surface area contributed by atoms with Crippen molar-refractivity contribution in [3.63, 3.8) is 0 Å². The number of rotatable bonds is 3. The van der Waals surface area contributed by atoms with Crippen LogP contribution in [0.5, 0.6) is 0 Å². The smallest absolute Gasteiger partial charge is 0.0274 e. The van der Waals surface area contributed by atoms with E-state index >= 15 is 0 Å². The van der Waals surface area contributed by atoms with Crippen LogP contribution in [0.2, 0.25) is 0 Å². The third-order valence-corrected chi connectivity index (χ3v) is 4.73. The zero-order valence-corrected chi connectivity index (χ0v) is 11.9. The van der Waals surface area contributed by atoms with Gasteiger partial charge >= 0.3 is 0 Å². The number of aryl methyl sites for hydroxylation is 1. The molecule has 0 bridgehead atoms. The summed E-state index contributed by atoms with van der Waals surface area (Å²) in [6.45, 7) is 9.80. The highest BCUT2D eigenvalue weighted by atomic mass is 32.1. The molecule has 3 nitrogen and oxygen atoms in total. The van der Waals surface area contributed by atoms with Gasteiger partial charge in [0.1, 0.15) is 0 Å². The lowest BCUT2D eigenvalue weighted by Crippen LogP contribution is -2.49. The molecule has 0 aliphatic carbocycles. The van der Waals surface area contributed by atoms with E-state index in [9.17, 15) is 0 Å². The van der Waals surface area contributed by atoms with E-state index in [1.54, 1.807) is 0 Å². The predicted octanol–water partition coefficient (Wildman–Crippen LogP) is 1.65. The number of thiophene rings is 1. The minimum Gasteiger partial charge on any atom is -0.326 e. The van der Waals surface area contributed by atoms with Crippen molar-refractivity contribution in [3.8, 4) is 0 Å². The Morgan fingerprint density at radius 3 is 2.82 bits per heavy atom. The maximum atomic E-state index is 5.70. The number of likely N-dealkylation sites (N-methyl/N-ethyl adjacent to an activating group) is 1. The summed E-state index contributed by atoms with van der Waals surface area (Å²) >= 11 is 1.84. The molecule has 2 N–H and O–H groups in total. The van der Waals surface area contributed by atoms with Crippen molar-refractivity contribution in [1.82, 2.24) is 9.80 Å². The van der Waals surface area contributed by atoms with Crippen LogP contribution >= 0.6 is 11.3 Å². The lowest BCUT2D eigenvalue weighted by atomic mass is 10.1. The number of hydrogen-bond acceptors (Lipinski definition) is 4. The zero-order valence-electron chi connectivity index (χ0n) is 11.1. The van der Waals surface area contributed by atoms with E-state index in [0.717, 1.165) is 6.54 Å². The van der Waals surface area contributed by atoms with Crippen molar-refractivity contribution in [1.29, 1.82) is 0 Å². The highest BCUT2D eigenvalue weighted by molar-refractivity contribution is 7.12. The van der Waals surface area contributed by atoms with Gasteiger partial charge in [0.25, 0.3) is 0 Å². The molecule has 0 radical (unpaired) electrons. The van der Waals surface area contributed by atoms with Crippen LogP contribution in [-0.2, 0) is 13.1 Å². The van der Waals surface area contributed by atoms with Crippen LogP contribution in [0.1, 0.15) is 22.2 Å². The summed E-state index contributed by atoms with van der Waals surface area (Å²) in [6.07, 6.45) is 0. The molecule has 0 spiro atoms. The molecule has 17 heavy (non-hydrogen) atoms. The third-order valence-electron chi connectivity index (χ3n) is 3.61. The van der Waals surface area contributed by atoms with Gasteiger partial charge in [0.05, 0.1) is 0 Å². The second kappa shape index (κ2) is 5.48. The first-order chi connectivity index (χ1) is 8.10. The van der Waals surface area contributed by atoms with Gasteiger partial charge in [-0.05, 0) is 32.5 Å². The molecule has 2 heterocycles. The summed E-state index contributed by atoms with van der Waals surface area (Å²) in [4.78, 5) is 7.72. The Kier molecular flexibility index (Phi) is 4.20. The van der Waals surface area contributed by atoms with E-state index in [0.29, 0.717) is 12.6 Å². The molecule has 0 saturated carbocycles. The number of piperazine rings is 1. The summed E-state index contributed by atoms with van der Waals surface area (Å²) in [6, 6.07) is 2.93. The normalized spacial score (nSPS) is 23.2. The van der Waals surface area contributed by atoms with Crippen LogP contribution in [0.4, 0.5) is 0 Å². The fourth-order valence-electron chi connectivity index (χ4n) is 2.48. The molecule has 1 fully saturated rings. The first kappa shape index (κ1) is 13.0. The van der Waals surface area contributed by atoms with Gasteiger partial charge in [0, 0.05) is 48.5 Å². The Balaban J connectivity index is 2.02. The zero-order chi connectivity index (χ0) is 12.4. The quantitative estimate of drug-likeness (QED) is 0.889. The topological polar surface area (TPSA) is 32.5 Å². The number of nitrogens with zero attached hydrogens (tertiary/aromatic N) is 2. The van der Waals surface area contributed by atoms with E-state index in [-0.39, 0.29) is 0 Å². The first-order valence-corrected chi connectivity index (χ1v) is 7.12. The van der Waals surface area contributed by atoms with Gasteiger partial charge in [-0.3, -0.25) is 4.90 Å². The molecule has 1 saturated heterocycles. The SMILES string of the molecule is Cc1sc(CN)cc1CN1CCN(C)CC1C. The molecule has 1 aromatic heterocycles. The molecule has 1 unspecified atom stereocenters. The largest absolute Gasteiger partial charge is 0.326 e. The maximum absolute atomic E-state index is 5.70. The van der Waals surface area contributed by atoms with Crippen molar-refractivity contribution in [2.45, 2.75) is 33.0 Å². The number of nitrogens with two attached hydrogens (primary N) is 1. The summed E-state index contributed by atoms with van der Waals surface area (Å²) in [5.74, 6) is 0. The standard InChI is InChI=1S/C13H23N3S/c1-10-8-15(3)4-5-16(10)9-12-6-13(7-14)17-11(12)2/h6,10H,4-5,7-9,14H2,1-3H3. The average Bonchev–Trinajstić information content (AvgIpc) is 2.64. The highest BCUT2D eigenvalue weighted by Crippen LogP contribution is 2.24. The Morgan fingerprint density at radius 1 is 1.47 bits per heavy atom. The second-order valence-electron chi connectivity index (χ2n) is 5.08. The van der Waals surface area contributed by atoms with Gasteiger partial charge < -0.3 is 10.6 Å². The van der Waals surface area contributed by atoms with Crippen LogP contribution in [-0.4, -0.2) is 42.5 Å². The van der Waals surface area contributed by atoms with E-state index in [4.69, 9.17) is 5.73 Å². The fourth-order valence-corrected chi connectivity index (χ4v) is 3.41. The summed E-state index contributed by atoms with van der Waals surface area (Å²) < 4.78 is 0. The second-order valence-corrected chi connectivity index (χ2v) is 6.42. The van der Waals surface area contributed by atoms with Crippen molar-refractivity contribution in [2.75, 3.05) is 26.7 Å². The molecule has 96 valence electrons. The van der Waals surface area contributed by atoms with Gasteiger partial charge in [-0.2, -0.15) is 0 Å². The molecule has 0 amide bonds. The fraction of sp³-hybridized carbons (Fsp3) is 0.692. The van der Waals surface area contributed by atoms with Crippen molar-refractivity contribution < 1.29 is 0 Å². The monoisotopic (exact) mass is 253 g/mol. The van der Waals surface area contributed by atoms with Gasteiger partial charge in [-0.15, -0.1) is 11.3 Å². The van der Waals surface area contributed by atoms with E-state index in [2.05, 4.69) is 36.8 Å². The third kappa shape index (κ3) is 3.07. The minimum absolute atomic E-state index is 0.648. The maximum Gasteiger partial charge on any atom is 0.0274 e. The molecular formula is C13H23N3S. The van der Waals surface area contributed by atoms with Gasteiger partial charge in [-0.1, -0.05) is 0 Å². The lowest BCUT2D eigenvalue weighted by molar-refractivity contribution is 0.0938. The van der Waals surface area contributed by atoms with Crippen LogP contribution in [0, 0.1) is 6.92 Å². The van der Waals surface area contributed by atoms with Gasteiger partial charge in [0.15, 0.2) is 0 Å². The van der Waals surface area contributed by atoms with Crippen LogP contribution in [0.3, 0.4) is 0 Å². The highest BCUT2D eigenvalue weighted by Gasteiger charge is 2.22. The summed E-state index contributed by atoms with van der Waals surface area (Å²) in [5.41, 5.74) is 7.17. The van der Waals surface area contributed by atoms with Crippen LogP contribution in [0.25, 0.3) is 0 Å². The average molecular weight is 253 g/mol. The number of hydrogen-bond donors (Lipinski definition) is 1. The van der Waals surface area contributed by atoms with Crippen molar-refractivity contribution >= 4 is 11.3 Å². The Hall–Kier alpha value is -0.420. The van der Waals surface area contributed by atoms with E-state index in [1.165, 1.54) is 35.0 Å². The molecular weight excluding hydrogens is 230 g/mol. The van der Waals surface area contributed by atoms with Gasteiger partial charge in [-0.25, -0.2) is 0 Å². The van der Waals surface area contributed by atoms with E-state index in [1.807, 2.05) is 11.3 Å². The molecule has 1 aliphatic rings. The first-order valence-electron chi connectivity index (χ1n) is 6.31. The van der Waals surface area contributed by atoms with Crippen LogP contribution < -0.4 is 5.73 Å². The minimum atomic E-state index is 0.648.